The first-order valence-electron chi connectivity index (χ1n) is 6.29. The lowest BCUT2D eigenvalue weighted by Gasteiger charge is -2.22. The van der Waals surface area contributed by atoms with E-state index in [-0.39, 0.29) is 5.91 Å². The van der Waals surface area contributed by atoms with Crippen LogP contribution < -0.4 is 0 Å². The second kappa shape index (κ2) is 7.22. The molecule has 1 aromatic rings. The fraction of sp³-hybridized carbons (Fsp3) is 0.400. The van der Waals surface area contributed by atoms with Crippen LogP contribution in [0.2, 0.25) is 5.02 Å². The molecule has 2 nitrogen and oxygen atoms in total. The maximum absolute atomic E-state index is 12.2. The first-order chi connectivity index (χ1) is 8.60. The molecule has 0 aliphatic heterocycles. The first-order valence-corrected chi connectivity index (χ1v) is 6.67. The predicted molar refractivity (Wildman–Crippen MR) is 76.6 cm³/mol. The smallest absolute Gasteiger partial charge is 0.249 e. The number of benzene rings is 1. The number of carbonyl (C=O) groups is 1. The zero-order valence-electron chi connectivity index (χ0n) is 11.2. The number of amides is 1. The van der Waals surface area contributed by atoms with Gasteiger partial charge >= 0.3 is 0 Å². The van der Waals surface area contributed by atoms with Gasteiger partial charge in [-0.2, -0.15) is 0 Å². The van der Waals surface area contributed by atoms with E-state index in [0.29, 0.717) is 18.1 Å². The average molecular weight is 266 g/mol. The highest BCUT2D eigenvalue weighted by molar-refractivity contribution is 6.31. The van der Waals surface area contributed by atoms with E-state index in [0.717, 1.165) is 17.6 Å². The molecule has 98 valence electrons. The zero-order valence-corrected chi connectivity index (χ0v) is 12.0. The fourth-order valence-electron chi connectivity index (χ4n) is 1.80. The summed E-state index contributed by atoms with van der Waals surface area (Å²) in [7, 11) is 0. The van der Waals surface area contributed by atoms with Crippen LogP contribution in [-0.2, 0) is 11.3 Å². The second-order valence-corrected chi connectivity index (χ2v) is 4.61. The van der Waals surface area contributed by atoms with Crippen molar-refractivity contribution in [3.63, 3.8) is 0 Å². The fourth-order valence-corrected chi connectivity index (χ4v) is 2.00. The van der Waals surface area contributed by atoms with Gasteiger partial charge in [-0.3, -0.25) is 4.79 Å². The van der Waals surface area contributed by atoms with E-state index in [9.17, 15) is 4.79 Å². The Balaban J connectivity index is 2.83. The third-order valence-electron chi connectivity index (χ3n) is 2.84. The van der Waals surface area contributed by atoms with Gasteiger partial charge in [-0.05, 0) is 31.9 Å². The molecule has 0 fully saturated rings. The van der Waals surface area contributed by atoms with E-state index in [2.05, 4.69) is 0 Å². The van der Waals surface area contributed by atoms with Gasteiger partial charge in [-0.15, -0.1) is 0 Å². The van der Waals surface area contributed by atoms with Crippen LogP contribution >= 0.6 is 11.6 Å². The Hall–Kier alpha value is -1.28. The molecule has 0 aliphatic carbocycles. The summed E-state index contributed by atoms with van der Waals surface area (Å²) in [6.45, 7) is 7.11. The van der Waals surface area contributed by atoms with Crippen molar-refractivity contribution in [1.82, 2.24) is 4.90 Å². The minimum atomic E-state index is 0.0827. The SMILES string of the molecule is CCC=C(C)C(=O)N(CC)Cc1ccccc1Cl. The summed E-state index contributed by atoms with van der Waals surface area (Å²) in [5.41, 5.74) is 1.78. The summed E-state index contributed by atoms with van der Waals surface area (Å²) in [4.78, 5) is 14.0. The lowest BCUT2D eigenvalue weighted by Crippen LogP contribution is -2.31. The van der Waals surface area contributed by atoms with Crippen LogP contribution in [0.4, 0.5) is 0 Å². The summed E-state index contributed by atoms with van der Waals surface area (Å²) in [5.74, 6) is 0.0827. The highest BCUT2D eigenvalue weighted by atomic mass is 35.5. The Kier molecular flexibility index (Phi) is 5.93. The number of carbonyl (C=O) groups excluding carboxylic acids is 1. The first kappa shape index (κ1) is 14.8. The number of nitrogens with zero attached hydrogens (tertiary/aromatic N) is 1. The summed E-state index contributed by atoms with van der Waals surface area (Å²) in [6, 6.07) is 7.64. The minimum absolute atomic E-state index is 0.0827. The van der Waals surface area contributed by atoms with Crippen molar-refractivity contribution in [2.45, 2.75) is 33.7 Å². The Morgan fingerprint density at radius 1 is 1.33 bits per heavy atom. The molecular weight excluding hydrogens is 246 g/mol. The van der Waals surface area contributed by atoms with Crippen molar-refractivity contribution in [2.24, 2.45) is 0 Å². The van der Waals surface area contributed by atoms with E-state index in [4.69, 9.17) is 11.6 Å². The highest BCUT2D eigenvalue weighted by Crippen LogP contribution is 2.18. The molecule has 0 spiro atoms. The Bertz CT molecular complexity index is 440. The molecule has 0 N–H and O–H groups in total. The van der Waals surface area contributed by atoms with Crippen molar-refractivity contribution in [3.05, 3.63) is 46.5 Å². The van der Waals surface area contributed by atoms with Gasteiger partial charge in [0.1, 0.15) is 0 Å². The van der Waals surface area contributed by atoms with Gasteiger partial charge in [0, 0.05) is 23.7 Å². The Morgan fingerprint density at radius 2 is 2.00 bits per heavy atom. The maximum Gasteiger partial charge on any atom is 0.249 e. The van der Waals surface area contributed by atoms with E-state index in [1.54, 1.807) is 0 Å². The van der Waals surface area contributed by atoms with Crippen LogP contribution in [0.5, 0.6) is 0 Å². The van der Waals surface area contributed by atoms with Crippen LogP contribution in [0, 0.1) is 0 Å². The molecule has 1 amide bonds. The molecule has 0 saturated heterocycles. The summed E-state index contributed by atoms with van der Waals surface area (Å²) < 4.78 is 0. The van der Waals surface area contributed by atoms with Crippen LogP contribution in [0.1, 0.15) is 32.8 Å². The summed E-state index contributed by atoms with van der Waals surface area (Å²) in [5, 5.41) is 0.709. The van der Waals surface area contributed by atoms with Crippen molar-refractivity contribution in [3.8, 4) is 0 Å². The molecule has 1 aromatic carbocycles. The number of hydrogen-bond acceptors (Lipinski definition) is 1. The summed E-state index contributed by atoms with van der Waals surface area (Å²) in [6.07, 6.45) is 2.83. The average Bonchev–Trinajstić information content (AvgIpc) is 2.37. The number of allylic oxidation sites excluding steroid dienone is 1. The molecule has 1 rings (SSSR count). The molecule has 0 saturated carbocycles. The minimum Gasteiger partial charge on any atom is -0.335 e. The van der Waals surface area contributed by atoms with Crippen molar-refractivity contribution >= 4 is 17.5 Å². The maximum atomic E-state index is 12.2. The molecule has 0 radical (unpaired) electrons. The van der Waals surface area contributed by atoms with Crippen molar-refractivity contribution < 1.29 is 4.79 Å². The third-order valence-corrected chi connectivity index (χ3v) is 3.20. The van der Waals surface area contributed by atoms with E-state index in [1.807, 2.05) is 56.0 Å². The molecule has 18 heavy (non-hydrogen) atoms. The Morgan fingerprint density at radius 3 is 2.56 bits per heavy atom. The summed E-state index contributed by atoms with van der Waals surface area (Å²) >= 11 is 6.12. The molecule has 3 heteroatoms. The van der Waals surface area contributed by atoms with E-state index < -0.39 is 0 Å². The lowest BCUT2D eigenvalue weighted by molar-refractivity contribution is -0.127. The molecule has 0 aliphatic rings. The van der Waals surface area contributed by atoms with Crippen LogP contribution in [-0.4, -0.2) is 17.4 Å². The quantitative estimate of drug-likeness (QED) is 0.736. The van der Waals surface area contributed by atoms with Gasteiger partial charge < -0.3 is 4.90 Å². The number of likely N-dealkylation sites (N-methyl/N-ethyl adjacent to an activating group) is 1. The van der Waals surface area contributed by atoms with Gasteiger partial charge in [0.15, 0.2) is 0 Å². The molecule has 0 bridgehead atoms. The van der Waals surface area contributed by atoms with Gasteiger partial charge in [0.2, 0.25) is 5.91 Å². The third kappa shape index (κ3) is 3.88. The van der Waals surface area contributed by atoms with Gasteiger partial charge in [0.05, 0.1) is 0 Å². The predicted octanol–water partition coefficient (Wildman–Crippen LogP) is 4.04. The molecular formula is C15H20ClNO. The topological polar surface area (TPSA) is 20.3 Å². The van der Waals surface area contributed by atoms with E-state index >= 15 is 0 Å². The van der Waals surface area contributed by atoms with Crippen molar-refractivity contribution in [1.29, 1.82) is 0 Å². The largest absolute Gasteiger partial charge is 0.335 e. The van der Waals surface area contributed by atoms with E-state index in [1.165, 1.54) is 0 Å². The number of halogens is 1. The van der Waals surface area contributed by atoms with Crippen LogP contribution in [0.15, 0.2) is 35.9 Å². The molecule has 0 aromatic heterocycles. The second-order valence-electron chi connectivity index (χ2n) is 4.21. The highest BCUT2D eigenvalue weighted by Gasteiger charge is 2.14. The zero-order chi connectivity index (χ0) is 13.5. The standard InChI is InChI=1S/C15H20ClNO/c1-4-8-12(3)15(18)17(5-2)11-13-9-6-7-10-14(13)16/h6-10H,4-5,11H2,1-3H3. The monoisotopic (exact) mass is 265 g/mol. The molecule has 0 atom stereocenters. The van der Waals surface area contributed by atoms with Gasteiger partial charge in [0.25, 0.3) is 0 Å². The molecule has 0 unspecified atom stereocenters. The van der Waals surface area contributed by atoms with Crippen molar-refractivity contribution in [2.75, 3.05) is 6.54 Å². The van der Waals surface area contributed by atoms with Crippen LogP contribution in [0.25, 0.3) is 0 Å². The molecule has 0 heterocycles. The normalized spacial score (nSPS) is 11.4. The van der Waals surface area contributed by atoms with Gasteiger partial charge in [-0.25, -0.2) is 0 Å². The van der Waals surface area contributed by atoms with Gasteiger partial charge in [-0.1, -0.05) is 42.8 Å². The van der Waals surface area contributed by atoms with Crippen LogP contribution in [0.3, 0.4) is 0 Å². The number of hydrogen-bond donors (Lipinski definition) is 0. The Labute approximate surface area is 114 Å². The number of rotatable bonds is 5. The lowest BCUT2D eigenvalue weighted by atomic mass is 10.1.